The zero-order valence-corrected chi connectivity index (χ0v) is 9.37. The third-order valence-corrected chi connectivity index (χ3v) is 4.12. The number of rotatable bonds is 4. The third kappa shape index (κ3) is 2.77. The molecule has 0 aromatic heterocycles. The van der Waals surface area contributed by atoms with Crippen molar-refractivity contribution in [3.63, 3.8) is 0 Å². The molecule has 0 bridgehead atoms. The zero-order valence-electron chi connectivity index (χ0n) is 8.55. The summed E-state index contributed by atoms with van der Waals surface area (Å²) >= 11 is 0. The van der Waals surface area contributed by atoms with Gasteiger partial charge in [0.1, 0.15) is 5.37 Å². The van der Waals surface area contributed by atoms with Gasteiger partial charge in [0.25, 0.3) is 0 Å². The van der Waals surface area contributed by atoms with Gasteiger partial charge in [-0.2, -0.15) is 0 Å². The summed E-state index contributed by atoms with van der Waals surface area (Å²) in [7, 11) is -3.50. The van der Waals surface area contributed by atoms with E-state index in [4.69, 9.17) is 10.8 Å². The van der Waals surface area contributed by atoms with Gasteiger partial charge in [0, 0.05) is 13.0 Å². The van der Waals surface area contributed by atoms with E-state index in [0.29, 0.717) is 0 Å². The van der Waals surface area contributed by atoms with Gasteiger partial charge in [0.15, 0.2) is 9.84 Å². The molecular weight excluding hydrogens is 214 g/mol. The lowest BCUT2D eigenvalue weighted by Crippen LogP contribution is -2.31. The Morgan fingerprint density at radius 1 is 1.33 bits per heavy atom. The van der Waals surface area contributed by atoms with Crippen LogP contribution in [0, 0.1) is 6.92 Å². The Balaban J connectivity index is 3.01. The van der Waals surface area contributed by atoms with E-state index in [0.717, 1.165) is 5.56 Å². The Morgan fingerprint density at radius 2 is 1.87 bits per heavy atom. The van der Waals surface area contributed by atoms with Crippen LogP contribution in [0.2, 0.25) is 0 Å². The van der Waals surface area contributed by atoms with Gasteiger partial charge in [0.2, 0.25) is 0 Å². The van der Waals surface area contributed by atoms with Crippen molar-refractivity contribution in [3.8, 4) is 0 Å². The molecule has 0 spiro atoms. The lowest BCUT2D eigenvalue weighted by Gasteiger charge is -2.11. The molecule has 0 amide bonds. The molecule has 1 atom stereocenters. The van der Waals surface area contributed by atoms with Crippen LogP contribution in [0.3, 0.4) is 0 Å². The van der Waals surface area contributed by atoms with Crippen LogP contribution in [0.25, 0.3) is 0 Å². The van der Waals surface area contributed by atoms with E-state index < -0.39 is 15.2 Å². The highest BCUT2D eigenvalue weighted by molar-refractivity contribution is 7.92. The summed E-state index contributed by atoms with van der Waals surface area (Å²) < 4.78 is 23.6. The van der Waals surface area contributed by atoms with Crippen molar-refractivity contribution in [3.05, 3.63) is 29.8 Å². The van der Waals surface area contributed by atoms with Crippen LogP contribution in [-0.4, -0.2) is 25.5 Å². The number of sulfone groups is 1. The average molecular weight is 229 g/mol. The minimum Gasteiger partial charge on any atom is -0.396 e. The van der Waals surface area contributed by atoms with Crippen LogP contribution >= 0.6 is 0 Å². The number of aliphatic hydroxyl groups excluding tert-OH is 1. The smallest absolute Gasteiger partial charge is 0.194 e. The highest BCUT2D eigenvalue weighted by Gasteiger charge is 2.22. The summed E-state index contributed by atoms with van der Waals surface area (Å²) in [5.74, 6) is 0. The molecule has 1 aromatic rings. The molecule has 0 aliphatic rings. The maximum atomic E-state index is 11.8. The van der Waals surface area contributed by atoms with E-state index >= 15 is 0 Å². The quantitative estimate of drug-likeness (QED) is 0.785. The molecule has 5 heteroatoms. The van der Waals surface area contributed by atoms with Gasteiger partial charge in [-0.15, -0.1) is 0 Å². The summed E-state index contributed by atoms with van der Waals surface area (Å²) in [4.78, 5) is 0.203. The fraction of sp³-hybridized carbons (Fsp3) is 0.400. The van der Waals surface area contributed by atoms with Crippen LogP contribution in [0.5, 0.6) is 0 Å². The van der Waals surface area contributed by atoms with Crippen molar-refractivity contribution in [2.24, 2.45) is 5.73 Å². The number of nitrogens with two attached hydrogens (primary N) is 1. The molecule has 84 valence electrons. The number of aryl methyl sites for hydroxylation is 1. The van der Waals surface area contributed by atoms with Crippen molar-refractivity contribution in [1.82, 2.24) is 0 Å². The van der Waals surface area contributed by atoms with Crippen LogP contribution in [0.4, 0.5) is 0 Å². The summed E-state index contributed by atoms with van der Waals surface area (Å²) in [6.07, 6.45) is 0.0518. The summed E-state index contributed by atoms with van der Waals surface area (Å²) in [5, 5.41) is 7.61. The second-order valence-corrected chi connectivity index (χ2v) is 5.58. The Hall–Kier alpha value is -0.910. The molecule has 1 unspecified atom stereocenters. The first-order valence-electron chi connectivity index (χ1n) is 4.65. The van der Waals surface area contributed by atoms with E-state index in [9.17, 15) is 8.42 Å². The zero-order chi connectivity index (χ0) is 11.5. The monoisotopic (exact) mass is 229 g/mol. The van der Waals surface area contributed by atoms with Gasteiger partial charge in [-0.25, -0.2) is 8.42 Å². The van der Waals surface area contributed by atoms with Gasteiger partial charge in [-0.05, 0) is 19.1 Å². The molecule has 15 heavy (non-hydrogen) atoms. The van der Waals surface area contributed by atoms with E-state index in [1.165, 1.54) is 12.1 Å². The normalized spacial score (nSPS) is 13.8. The van der Waals surface area contributed by atoms with E-state index in [1.54, 1.807) is 12.1 Å². The van der Waals surface area contributed by atoms with Gasteiger partial charge >= 0.3 is 0 Å². The number of aliphatic hydroxyl groups is 1. The molecule has 1 rings (SSSR count). The first kappa shape index (κ1) is 12.2. The van der Waals surface area contributed by atoms with E-state index in [-0.39, 0.29) is 17.9 Å². The number of benzene rings is 1. The first-order valence-corrected chi connectivity index (χ1v) is 6.20. The van der Waals surface area contributed by atoms with Crippen LogP contribution in [0.1, 0.15) is 12.0 Å². The molecule has 0 heterocycles. The van der Waals surface area contributed by atoms with Crippen molar-refractivity contribution in [2.45, 2.75) is 23.6 Å². The molecule has 0 aliphatic heterocycles. The first-order chi connectivity index (χ1) is 6.98. The largest absolute Gasteiger partial charge is 0.396 e. The second-order valence-electron chi connectivity index (χ2n) is 3.41. The van der Waals surface area contributed by atoms with Gasteiger partial charge < -0.3 is 10.8 Å². The minimum absolute atomic E-state index is 0.0518. The number of hydrogen-bond donors (Lipinski definition) is 2. The van der Waals surface area contributed by atoms with Crippen molar-refractivity contribution in [1.29, 1.82) is 0 Å². The molecule has 0 saturated carbocycles. The van der Waals surface area contributed by atoms with Gasteiger partial charge in [0.05, 0.1) is 4.90 Å². The Bertz CT molecular complexity index is 411. The Kier molecular flexibility index (Phi) is 3.84. The van der Waals surface area contributed by atoms with Crippen molar-refractivity contribution >= 4 is 9.84 Å². The molecule has 4 nitrogen and oxygen atoms in total. The maximum Gasteiger partial charge on any atom is 0.194 e. The molecule has 0 fully saturated rings. The van der Waals surface area contributed by atoms with Gasteiger partial charge in [-0.3, -0.25) is 0 Å². The lowest BCUT2D eigenvalue weighted by atomic mass is 10.2. The Labute approximate surface area is 89.7 Å². The molecule has 1 aromatic carbocycles. The standard InChI is InChI=1S/C10H15NO3S/c1-8-2-4-9(5-3-8)15(13,14)10(11)6-7-12/h2-5,10,12H,6-7,11H2,1H3. The van der Waals surface area contributed by atoms with E-state index in [1.807, 2.05) is 6.92 Å². The predicted octanol–water partition coefficient (Wildman–Crippen LogP) is 0.436. The second kappa shape index (κ2) is 4.74. The van der Waals surface area contributed by atoms with Crippen LogP contribution < -0.4 is 5.73 Å². The summed E-state index contributed by atoms with van der Waals surface area (Å²) in [6.45, 7) is 1.65. The topological polar surface area (TPSA) is 80.4 Å². The highest BCUT2D eigenvalue weighted by atomic mass is 32.2. The average Bonchev–Trinajstić information content (AvgIpc) is 2.18. The van der Waals surface area contributed by atoms with Gasteiger partial charge in [-0.1, -0.05) is 17.7 Å². The minimum atomic E-state index is -3.50. The third-order valence-electron chi connectivity index (χ3n) is 2.16. The molecule has 0 saturated heterocycles. The predicted molar refractivity (Wildman–Crippen MR) is 58.0 cm³/mol. The fourth-order valence-electron chi connectivity index (χ4n) is 1.19. The van der Waals surface area contributed by atoms with Crippen LogP contribution in [0.15, 0.2) is 29.2 Å². The van der Waals surface area contributed by atoms with E-state index in [2.05, 4.69) is 0 Å². The number of hydrogen-bond acceptors (Lipinski definition) is 4. The molecule has 0 radical (unpaired) electrons. The Morgan fingerprint density at radius 3 is 2.33 bits per heavy atom. The summed E-state index contributed by atoms with van der Waals surface area (Å²) in [5.41, 5.74) is 6.47. The molecule has 3 N–H and O–H groups in total. The SMILES string of the molecule is Cc1ccc(S(=O)(=O)C(N)CCO)cc1. The maximum absolute atomic E-state index is 11.8. The lowest BCUT2D eigenvalue weighted by molar-refractivity contribution is 0.286. The fourth-order valence-corrected chi connectivity index (χ4v) is 2.47. The van der Waals surface area contributed by atoms with Crippen molar-refractivity contribution < 1.29 is 13.5 Å². The summed E-state index contributed by atoms with van der Waals surface area (Å²) in [6, 6.07) is 6.50. The highest BCUT2D eigenvalue weighted by Crippen LogP contribution is 2.15. The van der Waals surface area contributed by atoms with Crippen molar-refractivity contribution in [2.75, 3.05) is 6.61 Å². The molecule has 0 aliphatic carbocycles. The van der Waals surface area contributed by atoms with Crippen LogP contribution in [-0.2, 0) is 9.84 Å². The molecular formula is C10H15NO3S.